The number of hydrogen-bond donors (Lipinski definition) is 0. The summed E-state index contributed by atoms with van der Waals surface area (Å²) in [4.78, 5) is 22.3. The summed E-state index contributed by atoms with van der Waals surface area (Å²) in [5.41, 5.74) is 1.09. The summed E-state index contributed by atoms with van der Waals surface area (Å²) < 4.78 is 16.1. The fraction of sp³-hybridized carbons (Fsp3) is 0.435. The largest absolute Gasteiger partial charge is 0.497 e. The molecule has 1 amide bonds. The topological polar surface area (TPSA) is 80.9 Å². The molecule has 1 saturated heterocycles. The van der Waals surface area contributed by atoms with Crippen LogP contribution in [0.1, 0.15) is 24.3 Å². The maximum Gasteiger partial charge on any atom is 0.226 e. The molecule has 0 bridgehead atoms. The lowest BCUT2D eigenvalue weighted by Crippen LogP contribution is -2.48. The Labute approximate surface area is 191 Å². The Bertz CT molecular complexity index is 1010. The number of carbonyl (C=O) groups excluding carboxylic acids is 1. The number of ether oxygens (including phenoxy) is 2. The van der Waals surface area contributed by atoms with E-state index >= 15 is 0 Å². The van der Waals surface area contributed by atoms with E-state index in [0.717, 1.165) is 54.7 Å². The molecule has 9 heteroatoms. The lowest BCUT2D eigenvalue weighted by Gasteiger charge is -2.35. The standard InChI is InChI=1S/C23H28N4O4S/c1-29-18-8-9-19(30-2)17(15-18)16-26-10-12-27(13-11-26)22(28)7-3-6-21-24-23(25-31-21)20-5-4-14-32-20/h4-5,8-9,14-15H,3,6-7,10-13,16H2,1-2H3. The van der Waals surface area contributed by atoms with Crippen molar-refractivity contribution in [3.05, 3.63) is 47.2 Å². The molecular weight excluding hydrogens is 428 g/mol. The van der Waals surface area contributed by atoms with Gasteiger partial charge in [0.15, 0.2) is 0 Å². The van der Waals surface area contributed by atoms with Crippen LogP contribution >= 0.6 is 11.3 Å². The quantitative estimate of drug-likeness (QED) is 0.488. The molecule has 4 rings (SSSR count). The SMILES string of the molecule is COc1ccc(OC)c(CN2CCN(C(=O)CCCc3nc(-c4cccs4)no3)CC2)c1. The van der Waals surface area contributed by atoms with Gasteiger partial charge in [-0.1, -0.05) is 11.2 Å². The fourth-order valence-electron chi connectivity index (χ4n) is 3.81. The van der Waals surface area contributed by atoms with Crippen LogP contribution < -0.4 is 9.47 Å². The highest BCUT2D eigenvalue weighted by molar-refractivity contribution is 7.13. The molecule has 2 aromatic heterocycles. The first-order valence-corrected chi connectivity index (χ1v) is 11.6. The molecule has 0 spiro atoms. The van der Waals surface area contributed by atoms with Gasteiger partial charge in [-0.3, -0.25) is 9.69 Å². The highest BCUT2D eigenvalue weighted by Gasteiger charge is 2.22. The average molecular weight is 457 g/mol. The molecule has 1 aliphatic heterocycles. The number of rotatable bonds is 9. The van der Waals surface area contributed by atoms with Crippen LogP contribution in [0, 0.1) is 0 Å². The molecule has 3 aromatic rings. The Hall–Kier alpha value is -2.91. The zero-order valence-corrected chi connectivity index (χ0v) is 19.3. The van der Waals surface area contributed by atoms with Gasteiger partial charge in [0.25, 0.3) is 0 Å². The number of aromatic nitrogens is 2. The second-order valence-corrected chi connectivity index (χ2v) is 8.62. The molecule has 0 atom stereocenters. The number of amides is 1. The van der Waals surface area contributed by atoms with Gasteiger partial charge in [-0.15, -0.1) is 11.3 Å². The van der Waals surface area contributed by atoms with Crippen molar-refractivity contribution in [2.45, 2.75) is 25.8 Å². The molecule has 170 valence electrons. The zero-order chi connectivity index (χ0) is 22.3. The molecule has 0 unspecified atom stereocenters. The van der Waals surface area contributed by atoms with Crippen molar-refractivity contribution in [3.63, 3.8) is 0 Å². The summed E-state index contributed by atoms with van der Waals surface area (Å²) in [6.07, 6.45) is 1.80. The first-order valence-electron chi connectivity index (χ1n) is 10.7. The van der Waals surface area contributed by atoms with Gasteiger partial charge in [0.05, 0.1) is 19.1 Å². The van der Waals surface area contributed by atoms with Gasteiger partial charge >= 0.3 is 0 Å². The number of thiophene rings is 1. The predicted molar refractivity (Wildman–Crippen MR) is 122 cm³/mol. The van der Waals surface area contributed by atoms with Crippen molar-refractivity contribution in [3.8, 4) is 22.2 Å². The van der Waals surface area contributed by atoms with Crippen LogP contribution in [0.3, 0.4) is 0 Å². The Kier molecular flexibility index (Phi) is 7.39. The van der Waals surface area contributed by atoms with Gasteiger partial charge in [-0.25, -0.2) is 0 Å². The van der Waals surface area contributed by atoms with E-state index in [-0.39, 0.29) is 5.91 Å². The molecule has 0 N–H and O–H groups in total. The summed E-state index contributed by atoms with van der Waals surface area (Å²) in [6.45, 7) is 3.90. The van der Waals surface area contributed by atoms with Crippen molar-refractivity contribution in [1.82, 2.24) is 19.9 Å². The average Bonchev–Trinajstić information content (AvgIpc) is 3.51. The monoisotopic (exact) mass is 456 g/mol. The smallest absolute Gasteiger partial charge is 0.226 e. The van der Waals surface area contributed by atoms with Gasteiger partial charge in [0, 0.05) is 51.1 Å². The second-order valence-electron chi connectivity index (χ2n) is 7.68. The minimum Gasteiger partial charge on any atom is -0.497 e. The number of aryl methyl sites for hydroxylation is 1. The van der Waals surface area contributed by atoms with Crippen molar-refractivity contribution in [2.24, 2.45) is 0 Å². The molecule has 1 aromatic carbocycles. The zero-order valence-electron chi connectivity index (χ0n) is 18.5. The van der Waals surface area contributed by atoms with E-state index in [1.54, 1.807) is 25.6 Å². The van der Waals surface area contributed by atoms with E-state index in [0.29, 0.717) is 31.0 Å². The molecule has 0 aliphatic carbocycles. The Balaban J connectivity index is 1.21. The molecule has 32 heavy (non-hydrogen) atoms. The minimum absolute atomic E-state index is 0.182. The van der Waals surface area contributed by atoms with Gasteiger partial charge in [-0.2, -0.15) is 4.98 Å². The summed E-state index contributed by atoms with van der Waals surface area (Å²) in [6, 6.07) is 9.77. The highest BCUT2D eigenvalue weighted by Crippen LogP contribution is 2.26. The molecular formula is C23H28N4O4S. The van der Waals surface area contributed by atoms with E-state index in [4.69, 9.17) is 14.0 Å². The van der Waals surface area contributed by atoms with Gasteiger partial charge < -0.3 is 18.9 Å². The van der Waals surface area contributed by atoms with Crippen LogP contribution in [0.25, 0.3) is 10.7 Å². The van der Waals surface area contributed by atoms with E-state index in [1.807, 2.05) is 40.6 Å². The van der Waals surface area contributed by atoms with Gasteiger partial charge in [-0.05, 0) is 36.1 Å². The van der Waals surface area contributed by atoms with Gasteiger partial charge in [0.2, 0.25) is 17.6 Å². The third kappa shape index (κ3) is 5.46. The summed E-state index contributed by atoms with van der Waals surface area (Å²) in [7, 11) is 3.34. The van der Waals surface area contributed by atoms with Gasteiger partial charge in [0.1, 0.15) is 11.5 Å². The third-order valence-electron chi connectivity index (χ3n) is 5.60. The van der Waals surface area contributed by atoms with Crippen LogP contribution in [0.15, 0.2) is 40.2 Å². The van der Waals surface area contributed by atoms with Crippen LogP contribution in [0.5, 0.6) is 11.5 Å². The maximum absolute atomic E-state index is 12.6. The van der Waals surface area contributed by atoms with Crippen molar-refractivity contribution < 1.29 is 18.8 Å². The third-order valence-corrected chi connectivity index (χ3v) is 6.46. The summed E-state index contributed by atoms with van der Waals surface area (Å²) in [5, 5.41) is 6.00. The molecule has 0 radical (unpaired) electrons. The van der Waals surface area contributed by atoms with Crippen LogP contribution in [0.4, 0.5) is 0 Å². The predicted octanol–water partition coefficient (Wildman–Crippen LogP) is 3.48. The van der Waals surface area contributed by atoms with E-state index in [1.165, 1.54) is 0 Å². The number of piperazine rings is 1. The highest BCUT2D eigenvalue weighted by atomic mass is 32.1. The maximum atomic E-state index is 12.6. The minimum atomic E-state index is 0.182. The van der Waals surface area contributed by atoms with Crippen molar-refractivity contribution >= 4 is 17.2 Å². The molecule has 1 aliphatic rings. The first kappa shape index (κ1) is 22.3. The van der Waals surface area contributed by atoms with Crippen LogP contribution in [-0.4, -0.2) is 66.2 Å². The molecule has 8 nitrogen and oxygen atoms in total. The lowest BCUT2D eigenvalue weighted by molar-refractivity contribution is -0.133. The molecule has 3 heterocycles. The molecule has 1 fully saturated rings. The number of carbonyl (C=O) groups is 1. The number of nitrogens with zero attached hydrogens (tertiary/aromatic N) is 4. The van der Waals surface area contributed by atoms with E-state index in [9.17, 15) is 4.79 Å². The lowest BCUT2D eigenvalue weighted by atomic mass is 10.1. The normalized spacial score (nSPS) is 14.5. The summed E-state index contributed by atoms with van der Waals surface area (Å²) in [5.74, 6) is 3.05. The fourth-order valence-corrected chi connectivity index (χ4v) is 4.46. The number of hydrogen-bond acceptors (Lipinski definition) is 8. The van der Waals surface area contributed by atoms with Crippen LogP contribution in [-0.2, 0) is 17.8 Å². The van der Waals surface area contributed by atoms with Crippen molar-refractivity contribution in [1.29, 1.82) is 0 Å². The Morgan fingerprint density at radius 2 is 2.00 bits per heavy atom. The van der Waals surface area contributed by atoms with Crippen LogP contribution in [0.2, 0.25) is 0 Å². The second kappa shape index (κ2) is 10.6. The molecule has 0 saturated carbocycles. The number of benzene rings is 1. The van der Waals surface area contributed by atoms with Crippen molar-refractivity contribution in [2.75, 3.05) is 40.4 Å². The Morgan fingerprint density at radius 1 is 1.16 bits per heavy atom. The number of methoxy groups -OCH3 is 2. The van der Waals surface area contributed by atoms with E-state index in [2.05, 4.69) is 15.0 Å². The summed E-state index contributed by atoms with van der Waals surface area (Å²) >= 11 is 1.58. The van der Waals surface area contributed by atoms with E-state index < -0.39 is 0 Å². The first-order chi connectivity index (χ1) is 15.7. The Morgan fingerprint density at radius 3 is 2.72 bits per heavy atom.